The van der Waals surface area contributed by atoms with Crippen molar-refractivity contribution in [2.45, 2.75) is 39.0 Å². The number of halogens is 1. The highest BCUT2D eigenvalue weighted by atomic mass is 19.1. The van der Waals surface area contributed by atoms with Crippen molar-refractivity contribution in [2.75, 3.05) is 19.7 Å². The first-order valence-electron chi connectivity index (χ1n) is 6.92. The Bertz CT molecular complexity index is 317. The van der Waals surface area contributed by atoms with Crippen LogP contribution in [0.4, 0.5) is 4.39 Å². The second-order valence-corrected chi connectivity index (χ2v) is 4.47. The van der Waals surface area contributed by atoms with Crippen molar-refractivity contribution in [1.82, 2.24) is 5.32 Å². The number of unbranched alkanes of at least 4 members (excludes halogenated alkanes) is 3. The quantitative estimate of drug-likeness (QED) is 0.641. The second kappa shape index (κ2) is 9.89. The molecule has 0 spiro atoms. The zero-order chi connectivity index (χ0) is 13.1. The van der Waals surface area contributed by atoms with Crippen LogP contribution in [0, 0.1) is 5.82 Å². The normalized spacial score (nSPS) is 10.6. The molecule has 2 nitrogen and oxygen atoms in total. The highest BCUT2D eigenvalue weighted by Crippen LogP contribution is 2.12. The van der Waals surface area contributed by atoms with E-state index in [1.54, 1.807) is 12.1 Å². The average molecular weight is 253 g/mol. The van der Waals surface area contributed by atoms with Crippen LogP contribution in [0.15, 0.2) is 24.3 Å². The minimum atomic E-state index is -0.241. The Balaban J connectivity index is 1.92. The van der Waals surface area contributed by atoms with Gasteiger partial charge in [0.25, 0.3) is 0 Å². The van der Waals surface area contributed by atoms with E-state index in [1.165, 1.54) is 37.8 Å². The summed E-state index contributed by atoms with van der Waals surface area (Å²) in [6.07, 6.45) is 5.85. The minimum absolute atomic E-state index is 0.241. The van der Waals surface area contributed by atoms with E-state index in [1.807, 2.05) is 0 Å². The maximum atomic E-state index is 12.9. The summed E-state index contributed by atoms with van der Waals surface area (Å²) in [7, 11) is 0. The number of benzene rings is 1. The van der Waals surface area contributed by atoms with Gasteiger partial charge in [-0.25, -0.2) is 4.39 Å². The average Bonchev–Trinajstić information content (AvgIpc) is 2.37. The fourth-order valence-electron chi connectivity index (χ4n) is 1.75. The molecule has 3 heteroatoms. The van der Waals surface area contributed by atoms with Crippen LogP contribution in [0.1, 0.15) is 39.0 Å². The van der Waals surface area contributed by atoms with Gasteiger partial charge in [0.15, 0.2) is 0 Å². The molecule has 0 amide bonds. The van der Waals surface area contributed by atoms with Crippen LogP contribution in [0.2, 0.25) is 0 Å². The summed E-state index contributed by atoms with van der Waals surface area (Å²) in [5, 5.41) is 3.39. The summed E-state index contributed by atoms with van der Waals surface area (Å²) in [5.74, 6) is 0.383. The molecule has 0 saturated carbocycles. The third-order valence-electron chi connectivity index (χ3n) is 2.74. The van der Waals surface area contributed by atoms with Crippen LogP contribution in [0.3, 0.4) is 0 Å². The van der Waals surface area contributed by atoms with Crippen molar-refractivity contribution in [3.8, 4) is 5.75 Å². The Labute approximate surface area is 110 Å². The molecule has 0 heterocycles. The van der Waals surface area contributed by atoms with Gasteiger partial charge in [-0.05, 0) is 44.5 Å². The molecule has 18 heavy (non-hydrogen) atoms. The van der Waals surface area contributed by atoms with Crippen molar-refractivity contribution in [2.24, 2.45) is 0 Å². The van der Waals surface area contributed by atoms with E-state index < -0.39 is 0 Å². The molecule has 0 aliphatic rings. The van der Waals surface area contributed by atoms with Crippen LogP contribution in [-0.4, -0.2) is 19.7 Å². The SMILES string of the molecule is CCCNCCCCCCOc1cccc(F)c1. The van der Waals surface area contributed by atoms with Gasteiger partial charge < -0.3 is 10.1 Å². The van der Waals surface area contributed by atoms with Gasteiger partial charge in [-0.2, -0.15) is 0 Å². The third kappa shape index (κ3) is 7.28. The third-order valence-corrected chi connectivity index (χ3v) is 2.74. The molecule has 1 aromatic rings. The van der Waals surface area contributed by atoms with Gasteiger partial charge in [-0.1, -0.05) is 25.8 Å². The van der Waals surface area contributed by atoms with Crippen molar-refractivity contribution < 1.29 is 9.13 Å². The molecule has 0 saturated heterocycles. The predicted molar refractivity (Wildman–Crippen MR) is 73.5 cm³/mol. The summed E-state index contributed by atoms with van der Waals surface area (Å²) >= 11 is 0. The first kappa shape index (κ1) is 15.0. The first-order chi connectivity index (χ1) is 8.83. The summed E-state index contributed by atoms with van der Waals surface area (Å²) in [6.45, 7) is 5.07. The Morgan fingerprint density at radius 3 is 2.72 bits per heavy atom. The highest BCUT2D eigenvalue weighted by Gasteiger charge is 1.96. The Morgan fingerprint density at radius 2 is 1.94 bits per heavy atom. The second-order valence-electron chi connectivity index (χ2n) is 4.47. The lowest BCUT2D eigenvalue weighted by atomic mass is 10.2. The lowest BCUT2D eigenvalue weighted by Gasteiger charge is -2.06. The fraction of sp³-hybridized carbons (Fsp3) is 0.600. The van der Waals surface area contributed by atoms with Crippen molar-refractivity contribution in [3.05, 3.63) is 30.1 Å². The molecule has 0 unspecified atom stereocenters. The molecule has 102 valence electrons. The number of hydrogen-bond donors (Lipinski definition) is 1. The summed E-state index contributed by atoms with van der Waals surface area (Å²) in [4.78, 5) is 0. The zero-order valence-corrected chi connectivity index (χ0v) is 11.3. The van der Waals surface area contributed by atoms with Gasteiger partial charge >= 0.3 is 0 Å². The number of ether oxygens (including phenoxy) is 1. The number of nitrogens with one attached hydrogen (secondary N) is 1. The van der Waals surface area contributed by atoms with E-state index in [0.717, 1.165) is 19.5 Å². The molecule has 0 bridgehead atoms. The molecular formula is C15H24FNO. The maximum absolute atomic E-state index is 12.9. The Kier molecular flexibility index (Phi) is 8.23. The van der Waals surface area contributed by atoms with Crippen molar-refractivity contribution >= 4 is 0 Å². The van der Waals surface area contributed by atoms with E-state index in [0.29, 0.717) is 12.4 Å². The molecule has 0 atom stereocenters. The summed E-state index contributed by atoms with van der Waals surface area (Å²) in [6, 6.07) is 6.31. The molecule has 0 aromatic heterocycles. The number of rotatable bonds is 10. The molecule has 0 aliphatic heterocycles. The molecule has 1 rings (SSSR count). The standard InChI is InChI=1S/C15H24FNO/c1-2-10-17-11-5-3-4-6-12-18-15-9-7-8-14(16)13-15/h7-9,13,17H,2-6,10-12H2,1H3. The predicted octanol–water partition coefficient (Wildman–Crippen LogP) is 3.76. The van der Waals surface area contributed by atoms with E-state index >= 15 is 0 Å². The van der Waals surface area contributed by atoms with Gasteiger partial charge in [-0.3, -0.25) is 0 Å². The fourth-order valence-corrected chi connectivity index (χ4v) is 1.75. The summed E-state index contributed by atoms with van der Waals surface area (Å²) in [5.41, 5.74) is 0. The van der Waals surface area contributed by atoms with Gasteiger partial charge in [0.1, 0.15) is 11.6 Å². The van der Waals surface area contributed by atoms with Crippen LogP contribution < -0.4 is 10.1 Å². The lowest BCUT2D eigenvalue weighted by Crippen LogP contribution is -2.15. The van der Waals surface area contributed by atoms with Crippen LogP contribution in [0.25, 0.3) is 0 Å². The monoisotopic (exact) mass is 253 g/mol. The smallest absolute Gasteiger partial charge is 0.126 e. The van der Waals surface area contributed by atoms with E-state index in [-0.39, 0.29) is 5.82 Å². The lowest BCUT2D eigenvalue weighted by molar-refractivity contribution is 0.303. The maximum Gasteiger partial charge on any atom is 0.126 e. The van der Waals surface area contributed by atoms with E-state index in [9.17, 15) is 4.39 Å². The Morgan fingerprint density at radius 1 is 1.11 bits per heavy atom. The minimum Gasteiger partial charge on any atom is -0.493 e. The molecule has 1 N–H and O–H groups in total. The Hall–Kier alpha value is -1.09. The van der Waals surface area contributed by atoms with Crippen LogP contribution >= 0.6 is 0 Å². The van der Waals surface area contributed by atoms with Gasteiger partial charge in [0.2, 0.25) is 0 Å². The van der Waals surface area contributed by atoms with Crippen LogP contribution in [-0.2, 0) is 0 Å². The van der Waals surface area contributed by atoms with Crippen molar-refractivity contribution in [1.29, 1.82) is 0 Å². The topological polar surface area (TPSA) is 21.3 Å². The van der Waals surface area contributed by atoms with E-state index in [2.05, 4.69) is 12.2 Å². The molecular weight excluding hydrogens is 229 g/mol. The summed E-state index contributed by atoms with van der Waals surface area (Å²) < 4.78 is 18.3. The molecule has 0 aliphatic carbocycles. The molecule has 0 radical (unpaired) electrons. The van der Waals surface area contributed by atoms with Gasteiger partial charge in [0, 0.05) is 6.07 Å². The highest BCUT2D eigenvalue weighted by molar-refractivity contribution is 5.22. The zero-order valence-electron chi connectivity index (χ0n) is 11.3. The van der Waals surface area contributed by atoms with Gasteiger partial charge in [-0.15, -0.1) is 0 Å². The first-order valence-corrected chi connectivity index (χ1v) is 6.92. The van der Waals surface area contributed by atoms with E-state index in [4.69, 9.17) is 4.74 Å². The largest absolute Gasteiger partial charge is 0.493 e. The van der Waals surface area contributed by atoms with Crippen LogP contribution in [0.5, 0.6) is 5.75 Å². The van der Waals surface area contributed by atoms with Crippen molar-refractivity contribution in [3.63, 3.8) is 0 Å². The van der Waals surface area contributed by atoms with Gasteiger partial charge in [0.05, 0.1) is 6.61 Å². The molecule has 1 aromatic carbocycles. The molecule has 0 fully saturated rings. The number of hydrogen-bond acceptors (Lipinski definition) is 2.